The van der Waals surface area contributed by atoms with Gasteiger partial charge in [-0.3, -0.25) is 9.69 Å². The lowest BCUT2D eigenvalue weighted by Gasteiger charge is -2.32. The summed E-state index contributed by atoms with van der Waals surface area (Å²) in [6.45, 7) is 4.16. The second-order valence-corrected chi connectivity index (χ2v) is 4.01. The van der Waals surface area contributed by atoms with E-state index in [4.69, 9.17) is 0 Å². The van der Waals surface area contributed by atoms with E-state index < -0.39 is 0 Å². The lowest BCUT2D eigenvalue weighted by atomic mass is 9.95. The Labute approximate surface area is 67.6 Å². The van der Waals surface area contributed by atoms with Crippen LogP contribution in [0.1, 0.15) is 26.2 Å². The molecule has 2 aliphatic heterocycles. The average Bonchev–Trinajstić information content (AvgIpc) is 2.27. The molecule has 0 spiro atoms. The van der Waals surface area contributed by atoms with Crippen molar-refractivity contribution in [3.63, 3.8) is 0 Å². The van der Waals surface area contributed by atoms with Gasteiger partial charge in [-0.15, -0.1) is 0 Å². The maximum Gasteiger partial charge on any atom is 0.148 e. The van der Waals surface area contributed by atoms with E-state index >= 15 is 0 Å². The van der Waals surface area contributed by atoms with Crippen LogP contribution in [0.3, 0.4) is 0 Å². The van der Waals surface area contributed by atoms with Crippen LogP contribution in [0.5, 0.6) is 0 Å². The third-order valence-corrected chi connectivity index (χ3v) is 2.90. The van der Waals surface area contributed by atoms with Gasteiger partial charge in [-0.25, -0.2) is 0 Å². The minimum atomic E-state index is 0.448. The van der Waals surface area contributed by atoms with Crippen molar-refractivity contribution in [2.45, 2.75) is 32.2 Å². The molecule has 2 rings (SSSR count). The van der Waals surface area contributed by atoms with Gasteiger partial charge >= 0.3 is 0 Å². The number of nitrogens with zero attached hydrogens (tertiary/aromatic N) is 1. The normalized spacial score (nSPS) is 39.2. The Morgan fingerprint density at radius 1 is 1.45 bits per heavy atom. The molecule has 0 bridgehead atoms. The minimum Gasteiger partial charge on any atom is -0.298 e. The fraction of sp³-hybridized carbons (Fsp3) is 0.889. The summed E-state index contributed by atoms with van der Waals surface area (Å²) in [6, 6.07) is 0.610. The van der Waals surface area contributed by atoms with Gasteiger partial charge in [0.15, 0.2) is 0 Å². The van der Waals surface area contributed by atoms with Gasteiger partial charge in [-0.1, -0.05) is 6.92 Å². The van der Waals surface area contributed by atoms with E-state index in [0.29, 0.717) is 11.8 Å². The van der Waals surface area contributed by atoms with Gasteiger partial charge < -0.3 is 0 Å². The molecule has 0 aromatic carbocycles. The number of Topliss-reactive ketones (excluding diaryl/α,β-unsaturated/α-hetero) is 1. The number of piperidine rings is 1. The van der Waals surface area contributed by atoms with Gasteiger partial charge in [0, 0.05) is 19.0 Å². The quantitative estimate of drug-likeness (QED) is 0.518. The molecule has 0 aromatic heterocycles. The van der Waals surface area contributed by atoms with Gasteiger partial charge in [0.1, 0.15) is 5.78 Å². The molecule has 0 N–H and O–H groups in total. The van der Waals surface area contributed by atoms with Crippen molar-refractivity contribution in [1.29, 1.82) is 0 Å². The van der Waals surface area contributed by atoms with Crippen LogP contribution < -0.4 is 0 Å². The molecular formula is C9H15NO. The number of rotatable bonds is 0. The highest BCUT2D eigenvalue weighted by Gasteiger charge is 2.33. The first kappa shape index (κ1) is 7.29. The number of carbonyl (C=O) groups excluding carboxylic acids is 1. The van der Waals surface area contributed by atoms with Crippen LogP contribution in [0.2, 0.25) is 0 Å². The fourth-order valence-corrected chi connectivity index (χ4v) is 2.28. The highest BCUT2D eigenvalue weighted by molar-refractivity contribution is 5.83. The van der Waals surface area contributed by atoms with Crippen molar-refractivity contribution in [2.75, 3.05) is 13.1 Å². The van der Waals surface area contributed by atoms with E-state index in [1.54, 1.807) is 0 Å². The van der Waals surface area contributed by atoms with Gasteiger partial charge in [0.2, 0.25) is 0 Å². The molecule has 11 heavy (non-hydrogen) atoms. The molecule has 2 aliphatic rings. The number of fused-ring (bicyclic) bond motifs is 1. The molecular weight excluding hydrogens is 138 g/mol. The van der Waals surface area contributed by atoms with Crippen molar-refractivity contribution in [3.8, 4) is 0 Å². The fourth-order valence-electron chi connectivity index (χ4n) is 2.28. The van der Waals surface area contributed by atoms with Crippen molar-refractivity contribution in [3.05, 3.63) is 0 Å². The third kappa shape index (κ3) is 1.32. The molecule has 2 heteroatoms. The maximum absolute atomic E-state index is 11.1. The Morgan fingerprint density at radius 2 is 2.27 bits per heavy atom. The first-order valence-electron chi connectivity index (χ1n) is 4.51. The van der Waals surface area contributed by atoms with E-state index in [-0.39, 0.29) is 0 Å². The van der Waals surface area contributed by atoms with E-state index in [2.05, 4.69) is 11.8 Å². The van der Waals surface area contributed by atoms with Crippen LogP contribution in [0, 0.1) is 5.92 Å². The summed E-state index contributed by atoms with van der Waals surface area (Å²) in [4.78, 5) is 13.4. The highest BCUT2D eigenvalue weighted by atomic mass is 16.1. The second kappa shape index (κ2) is 2.59. The highest BCUT2D eigenvalue weighted by Crippen LogP contribution is 2.27. The summed E-state index contributed by atoms with van der Waals surface area (Å²) >= 11 is 0. The smallest absolute Gasteiger partial charge is 0.148 e. The molecule has 0 aliphatic carbocycles. The van der Waals surface area contributed by atoms with Crippen molar-refractivity contribution in [1.82, 2.24) is 4.90 Å². The maximum atomic E-state index is 11.1. The Hall–Kier alpha value is -0.370. The molecule has 0 amide bonds. The predicted molar refractivity (Wildman–Crippen MR) is 43.4 cm³/mol. The van der Waals surface area contributed by atoms with Crippen LogP contribution in [0.15, 0.2) is 0 Å². The minimum absolute atomic E-state index is 0.448. The zero-order valence-corrected chi connectivity index (χ0v) is 7.05. The average molecular weight is 153 g/mol. The number of hydrogen-bond donors (Lipinski definition) is 0. The summed E-state index contributed by atoms with van der Waals surface area (Å²) in [5, 5.41) is 0. The lowest BCUT2D eigenvalue weighted by molar-refractivity contribution is -0.116. The second-order valence-electron chi connectivity index (χ2n) is 4.01. The van der Waals surface area contributed by atoms with Gasteiger partial charge in [-0.05, 0) is 18.8 Å². The molecule has 2 saturated heterocycles. The Kier molecular flexibility index (Phi) is 1.72. The molecule has 0 radical (unpaired) electrons. The molecule has 2 fully saturated rings. The van der Waals surface area contributed by atoms with Gasteiger partial charge in [0.25, 0.3) is 0 Å². The summed E-state index contributed by atoms with van der Waals surface area (Å²) in [6.07, 6.45) is 3.38. The summed E-state index contributed by atoms with van der Waals surface area (Å²) in [5.74, 6) is 1.25. The molecule has 0 unspecified atom stereocenters. The first-order chi connectivity index (χ1) is 5.25. The predicted octanol–water partition coefficient (Wildman–Crippen LogP) is 1.06. The molecule has 0 aromatic rings. The van der Waals surface area contributed by atoms with Crippen LogP contribution >= 0.6 is 0 Å². The molecule has 0 saturated carbocycles. The molecule has 2 nitrogen and oxygen atoms in total. The van der Waals surface area contributed by atoms with E-state index in [0.717, 1.165) is 25.4 Å². The van der Waals surface area contributed by atoms with Crippen LogP contribution in [0.25, 0.3) is 0 Å². The van der Waals surface area contributed by atoms with E-state index in [1.165, 1.54) is 12.8 Å². The lowest BCUT2D eigenvalue weighted by Crippen LogP contribution is -2.38. The first-order valence-corrected chi connectivity index (χ1v) is 4.51. The van der Waals surface area contributed by atoms with Crippen molar-refractivity contribution >= 4 is 5.78 Å². The monoisotopic (exact) mass is 153 g/mol. The van der Waals surface area contributed by atoms with Gasteiger partial charge in [-0.2, -0.15) is 0 Å². The largest absolute Gasteiger partial charge is 0.298 e. The SMILES string of the molecule is C[C@H]1CC[C@@H]2CC(=O)CN2C1. The standard InChI is InChI=1S/C9H15NO/c1-7-2-3-8-4-9(11)6-10(8)5-7/h7-8H,2-6H2,1H3/t7-,8+/m0/s1. The molecule has 2 atom stereocenters. The zero-order valence-electron chi connectivity index (χ0n) is 7.05. The third-order valence-electron chi connectivity index (χ3n) is 2.90. The van der Waals surface area contributed by atoms with E-state index in [9.17, 15) is 4.79 Å². The topological polar surface area (TPSA) is 20.3 Å². The summed E-state index contributed by atoms with van der Waals surface area (Å²) in [7, 11) is 0. The number of carbonyl (C=O) groups is 1. The number of ketones is 1. The molecule has 62 valence electrons. The van der Waals surface area contributed by atoms with Crippen LogP contribution in [-0.4, -0.2) is 29.8 Å². The Bertz CT molecular complexity index is 178. The van der Waals surface area contributed by atoms with Crippen molar-refractivity contribution < 1.29 is 4.79 Å². The zero-order chi connectivity index (χ0) is 7.84. The van der Waals surface area contributed by atoms with Gasteiger partial charge in [0.05, 0.1) is 6.54 Å². The van der Waals surface area contributed by atoms with Crippen LogP contribution in [-0.2, 0) is 4.79 Å². The van der Waals surface area contributed by atoms with E-state index in [1.807, 2.05) is 0 Å². The Morgan fingerprint density at radius 3 is 3.09 bits per heavy atom. The summed E-state index contributed by atoms with van der Waals surface area (Å²) < 4.78 is 0. The van der Waals surface area contributed by atoms with Crippen molar-refractivity contribution in [2.24, 2.45) is 5.92 Å². The Balaban J connectivity index is 2.02. The summed E-state index contributed by atoms with van der Waals surface area (Å²) in [5.41, 5.74) is 0. The number of hydrogen-bond acceptors (Lipinski definition) is 2. The van der Waals surface area contributed by atoms with Crippen LogP contribution in [0.4, 0.5) is 0 Å². The molecule has 2 heterocycles.